The van der Waals surface area contributed by atoms with Gasteiger partial charge in [-0.05, 0) is 30.7 Å². The van der Waals surface area contributed by atoms with Crippen LogP contribution in [0.5, 0.6) is 0 Å². The summed E-state index contributed by atoms with van der Waals surface area (Å²) in [6.07, 6.45) is 1.83. The maximum absolute atomic E-state index is 12.1. The Morgan fingerprint density at radius 3 is 2.63 bits per heavy atom. The number of rotatable bonds is 5. The number of benzene rings is 2. The molecule has 0 saturated heterocycles. The second-order valence-electron chi connectivity index (χ2n) is 5.85. The summed E-state index contributed by atoms with van der Waals surface area (Å²) in [6, 6.07) is 14.4. The largest absolute Gasteiger partial charge is 0.452 e. The van der Waals surface area contributed by atoms with Crippen molar-refractivity contribution in [3.63, 3.8) is 0 Å². The minimum Gasteiger partial charge on any atom is -0.452 e. The first-order valence-electron chi connectivity index (χ1n) is 8.21. The molecule has 0 spiro atoms. The lowest BCUT2D eigenvalue weighted by atomic mass is 10.1. The zero-order valence-electron chi connectivity index (χ0n) is 14.6. The number of hydrogen-bond acceptors (Lipinski definition) is 4. The highest BCUT2D eigenvalue weighted by atomic mass is 35.5. The van der Waals surface area contributed by atoms with E-state index < -0.39 is 18.5 Å². The summed E-state index contributed by atoms with van der Waals surface area (Å²) in [5.41, 5.74) is 2.37. The van der Waals surface area contributed by atoms with Gasteiger partial charge in [-0.2, -0.15) is 4.99 Å². The zero-order chi connectivity index (χ0) is 19.2. The van der Waals surface area contributed by atoms with E-state index in [0.29, 0.717) is 21.9 Å². The van der Waals surface area contributed by atoms with Gasteiger partial charge in [0.2, 0.25) is 0 Å². The Morgan fingerprint density at radius 1 is 1.15 bits per heavy atom. The molecule has 0 saturated carbocycles. The Kier molecular flexibility index (Phi) is 6.21. The number of aryl methyl sites for hydroxylation is 1. The molecule has 138 valence electrons. The van der Waals surface area contributed by atoms with Gasteiger partial charge >= 0.3 is 5.97 Å². The number of esters is 1. The van der Waals surface area contributed by atoms with Crippen molar-refractivity contribution in [1.82, 2.24) is 4.57 Å². The van der Waals surface area contributed by atoms with Crippen LogP contribution in [0.15, 0.2) is 65.1 Å². The summed E-state index contributed by atoms with van der Waals surface area (Å²) in [6.45, 7) is 2.02. The van der Waals surface area contributed by atoms with E-state index in [1.165, 1.54) is 11.3 Å². The molecule has 5 nitrogen and oxygen atoms in total. The molecule has 0 fully saturated rings. The first-order valence-corrected chi connectivity index (χ1v) is 9.47. The molecule has 0 aliphatic carbocycles. The lowest BCUT2D eigenvalue weighted by Gasteiger charge is -2.05. The number of carbonyl (C=O) groups excluding carboxylic acids is 2. The summed E-state index contributed by atoms with van der Waals surface area (Å²) in [7, 11) is 0. The van der Waals surface area contributed by atoms with Gasteiger partial charge in [-0.15, -0.1) is 11.3 Å². The minimum absolute atomic E-state index is 0.401. The first-order chi connectivity index (χ1) is 13.0. The number of carbonyl (C=O) groups is 2. The lowest BCUT2D eigenvalue weighted by molar-refractivity contribution is -0.121. The highest BCUT2D eigenvalue weighted by Gasteiger charge is 2.10. The number of halogens is 1. The monoisotopic (exact) mass is 400 g/mol. The molecule has 1 aromatic heterocycles. The van der Waals surface area contributed by atoms with Crippen LogP contribution >= 0.6 is 22.9 Å². The van der Waals surface area contributed by atoms with Crippen LogP contribution in [0, 0.1) is 6.92 Å². The molecule has 3 rings (SSSR count). The van der Waals surface area contributed by atoms with Crippen LogP contribution in [-0.4, -0.2) is 23.1 Å². The maximum atomic E-state index is 12.1. The third kappa shape index (κ3) is 5.15. The highest BCUT2D eigenvalue weighted by Crippen LogP contribution is 2.15. The van der Waals surface area contributed by atoms with Gasteiger partial charge in [-0.3, -0.25) is 4.79 Å². The number of aromatic nitrogens is 1. The molecule has 27 heavy (non-hydrogen) atoms. The molecule has 0 bridgehead atoms. The highest BCUT2D eigenvalue weighted by molar-refractivity contribution is 7.07. The van der Waals surface area contributed by atoms with E-state index in [9.17, 15) is 9.59 Å². The summed E-state index contributed by atoms with van der Waals surface area (Å²) < 4.78 is 6.87. The van der Waals surface area contributed by atoms with E-state index in [2.05, 4.69) is 4.99 Å². The Balaban J connectivity index is 1.66. The van der Waals surface area contributed by atoms with Gasteiger partial charge in [-0.25, -0.2) is 4.79 Å². The summed E-state index contributed by atoms with van der Waals surface area (Å²) >= 11 is 7.51. The Morgan fingerprint density at radius 2 is 1.89 bits per heavy atom. The molecule has 0 aliphatic rings. The topological polar surface area (TPSA) is 60.7 Å². The Bertz CT molecular complexity index is 1020. The first kappa shape index (κ1) is 19.1. The fourth-order valence-corrected chi connectivity index (χ4v) is 3.30. The third-order valence-corrected chi connectivity index (χ3v) is 4.96. The molecule has 0 unspecified atom stereocenters. The van der Waals surface area contributed by atoms with Crippen LogP contribution in [0.3, 0.4) is 0 Å². The summed E-state index contributed by atoms with van der Waals surface area (Å²) in [5.74, 6) is -1.07. The molecule has 1 heterocycles. The average Bonchev–Trinajstić information content (AvgIpc) is 3.09. The second-order valence-corrected chi connectivity index (χ2v) is 7.13. The maximum Gasteiger partial charge on any atom is 0.338 e. The smallest absolute Gasteiger partial charge is 0.338 e. The SMILES string of the molecule is Cc1ccc(C(=O)OCC(=O)N=c2sccn2Cc2ccccc2Cl)cc1. The van der Waals surface area contributed by atoms with Gasteiger partial charge in [-0.1, -0.05) is 47.5 Å². The van der Waals surface area contributed by atoms with Gasteiger partial charge in [0.05, 0.1) is 12.1 Å². The summed E-state index contributed by atoms with van der Waals surface area (Å²) in [5, 5.41) is 2.49. The standard InChI is InChI=1S/C20H17ClN2O3S/c1-14-6-8-15(9-7-14)19(25)26-13-18(24)22-20-23(10-11-27-20)12-16-4-2-3-5-17(16)21/h2-11H,12-13H2,1H3. The third-order valence-electron chi connectivity index (χ3n) is 3.79. The minimum atomic E-state index is -0.548. The Labute approximate surface area is 165 Å². The van der Waals surface area contributed by atoms with Gasteiger partial charge in [0.1, 0.15) is 0 Å². The second kappa shape index (κ2) is 8.79. The Hall–Kier alpha value is -2.70. The van der Waals surface area contributed by atoms with Crippen molar-refractivity contribution in [2.75, 3.05) is 6.61 Å². The van der Waals surface area contributed by atoms with E-state index in [4.69, 9.17) is 16.3 Å². The van der Waals surface area contributed by atoms with Crippen molar-refractivity contribution < 1.29 is 14.3 Å². The molecule has 7 heteroatoms. The molecule has 3 aromatic rings. The molecular formula is C20H17ClN2O3S. The van der Waals surface area contributed by atoms with Crippen molar-refractivity contribution in [2.24, 2.45) is 4.99 Å². The normalized spacial score (nSPS) is 11.4. The number of nitrogens with zero attached hydrogens (tertiary/aromatic N) is 2. The van der Waals surface area contributed by atoms with E-state index in [-0.39, 0.29) is 0 Å². The molecule has 0 aliphatic heterocycles. The lowest BCUT2D eigenvalue weighted by Crippen LogP contribution is -2.20. The van der Waals surface area contributed by atoms with Crippen molar-refractivity contribution in [3.8, 4) is 0 Å². The number of ether oxygens (including phenoxy) is 1. The van der Waals surface area contributed by atoms with Crippen molar-refractivity contribution in [3.05, 3.63) is 86.6 Å². The molecular weight excluding hydrogens is 384 g/mol. The number of hydrogen-bond donors (Lipinski definition) is 0. The van der Waals surface area contributed by atoms with Crippen LogP contribution in [0.2, 0.25) is 5.02 Å². The molecule has 0 radical (unpaired) electrons. The van der Waals surface area contributed by atoms with Crippen molar-refractivity contribution in [2.45, 2.75) is 13.5 Å². The quantitative estimate of drug-likeness (QED) is 0.611. The van der Waals surface area contributed by atoms with E-state index >= 15 is 0 Å². The molecule has 1 amide bonds. The van der Waals surface area contributed by atoms with E-state index in [1.807, 2.05) is 59.5 Å². The van der Waals surface area contributed by atoms with E-state index in [0.717, 1.165) is 11.1 Å². The average molecular weight is 401 g/mol. The molecule has 2 aromatic carbocycles. The van der Waals surface area contributed by atoms with Crippen LogP contribution in [0.4, 0.5) is 0 Å². The van der Waals surface area contributed by atoms with Gasteiger partial charge < -0.3 is 9.30 Å². The fraction of sp³-hybridized carbons (Fsp3) is 0.150. The fourth-order valence-electron chi connectivity index (χ4n) is 2.36. The molecule has 0 N–H and O–H groups in total. The van der Waals surface area contributed by atoms with Crippen molar-refractivity contribution >= 4 is 34.8 Å². The summed E-state index contributed by atoms with van der Waals surface area (Å²) in [4.78, 5) is 28.6. The predicted octanol–water partition coefficient (Wildman–Crippen LogP) is 3.84. The van der Waals surface area contributed by atoms with Crippen LogP contribution < -0.4 is 4.80 Å². The van der Waals surface area contributed by atoms with Crippen LogP contribution in [0.25, 0.3) is 0 Å². The van der Waals surface area contributed by atoms with Gasteiger partial charge in [0, 0.05) is 16.6 Å². The number of thiazole rings is 1. The zero-order valence-corrected chi connectivity index (χ0v) is 16.2. The van der Waals surface area contributed by atoms with Gasteiger partial charge in [0.25, 0.3) is 5.91 Å². The van der Waals surface area contributed by atoms with Gasteiger partial charge in [0.15, 0.2) is 11.4 Å². The predicted molar refractivity (Wildman–Crippen MR) is 105 cm³/mol. The number of amides is 1. The van der Waals surface area contributed by atoms with E-state index in [1.54, 1.807) is 12.1 Å². The van der Waals surface area contributed by atoms with Crippen LogP contribution in [-0.2, 0) is 16.1 Å². The van der Waals surface area contributed by atoms with Crippen molar-refractivity contribution in [1.29, 1.82) is 0 Å². The van der Waals surface area contributed by atoms with Crippen LogP contribution in [0.1, 0.15) is 21.5 Å². The molecule has 0 atom stereocenters.